The van der Waals surface area contributed by atoms with Crippen molar-refractivity contribution in [3.05, 3.63) is 29.8 Å². The van der Waals surface area contributed by atoms with E-state index >= 15 is 0 Å². The molecule has 0 spiro atoms. The molecule has 0 saturated carbocycles. The van der Waals surface area contributed by atoms with Gasteiger partial charge in [0.1, 0.15) is 0 Å². The summed E-state index contributed by atoms with van der Waals surface area (Å²) in [5.74, 6) is 0.0514. The van der Waals surface area contributed by atoms with E-state index in [0.29, 0.717) is 4.90 Å². The van der Waals surface area contributed by atoms with Crippen molar-refractivity contribution in [2.75, 3.05) is 11.1 Å². The van der Waals surface area contributed by atoms with Gasteiger partial charge in [0.25, 0.3) is 0 Å². The van der Waals surface area contributed by atoms with E-state index in [1.165, 1.54) is 0 Å². The van der Waals surface area contributed by atoms with Gasteiger partial charge >= 0.3 is 0 Å². The van der Waals surface area contributed by atoms with Gasteiger partial charge in [-0.3, -0.25) is 4.21 Å². The summed E-state index contributed by atoms with van der Waals surface area (Å²) in [6, 6.07) is 7.30. The first-order valence-corrected chi connectivity index (χ1v) is 7.35. The first kappa shape index (κ1) is 13.8. The zero-order chi connectivity index (χ0) is 12.1. The smallest absolute Gasteiger partial charge is 0.0925 e. The lowest BCUT2D eigenvalue weighted by Crippen LogP contribution is -2.32. The number of hydrogen-bond donors (Lipinski definition) is 2. The van der Waals surface area contributed by atoms with Crippen molar-refractivity contribution in [2.45, 2.75) is 24.0 Å². The number of aliphatic hydroxyl groups excluding tert-OH is 2. The normalized spacial score (nSPS) is 16.8. The highest BCUT2D eigenvalue weighted by atomic mass is 79.9. The van der Waals surface area contributed by atoms with E-state index in [1.54, 1.807) is 12.1 Å². The molecule has 0 saturated heterocycles. The fourth-order valence-electron chi connectivity index (χ4n) is 1.16. The summed E-state index contributed by atoms with van der Waals surface area (Å²) in [5.41, 5.74) is 1.10. The fourth-order valence-corrected chi connectivity index (χ4v) is 2.75. The number of benzene rings is 1. The van der Waals surface area contributed by atoms with Crippen molar-refractivity contribution in [1.29, 1.82) is 0 Å². The molecule has 5 heteroatoms. The SMILES string of the molecule is Cc1ccc(S(=O)C[C@H](O)[C@@H](O)CBr)cc1. The van der Waals surface area contributed by atoms with E-state index in [4.69, 9.17) is 0 Å². The standard InChI is InChI=1S/C11H15BrO3S/c1-8-2-4-9(5-3-8)16(15)7-11(14)10(13)6-12/h2-5,10-11,13-14H,6-7H2,1H3/t10-,11-,16?/m0/s1. The molecule has 90 valence electrons. The van der Waals surface area contributed by atoms with Gasteiger partial charge in [-0.1, -0.05) is 33.6 Å². The van der Waals surface area contributed by atoms with Crippen LogP contribution in [0.5, 0.6) is 0 Å². The van der Waals surface area contributed by atoms with Gasteiger partial charge < -0.3 is 10.2 Å². The third kappa shape index (κ3) is 3.97. The molecule has 3 atom stereocenters. The van der Waals surface area contributed by atoms with Crippen molar-refractivity contribution in [3.8, 4) is 0 Å². The Balaban J connectivity index is 2.62. The summed E-state index contributed by atoms with van der Waals surface area (Å²) < 4.78 is 11.8. The molecule has 0 aliphatic carbocycles. The van der Waals surface area contributed by atoms with Gasteiger partial charge in [-0.25, -0.2) is 0 Å². The summed E-state index contributed by atoms with van der Waals surface area (Å²) in [6.45, 7) is 1.95. The first-order valence-electron chi connectivity index (χ1n) is 4.91. The Morgan fingerprint density at radius 2 is 1.81 bits per heavy atom. The van der Waals surface area contributed by atoms with E-state index in [2.05, 4.69) is 15.9 Å². The second kappa shape index (κ2) is 6.49. The topological polar surface area (TPSA) is 57.5 Å². The highest BCUT2D eigenvalue weighted by Gasteiger charge is 2.18. The number of alkyl halides is 1. The number of rotatable bonds is 5. The molecule has 0 aliphatic rings. The van der Waals surface area contributed by atoms with Crippen molar-refractivity contribution >= 4 is 26.7 Å². The Bertz CT molecular complexity index is 353. The number of aliphatic hydroxyl groups is 2. The second-order valence-corrected chi connectivity index (χ2v) is 5.76. The van der Waals surface area contributed by atoms with Crippen LogP contribution in [0.25, 0.3) is 0 Å². The van der Waals surface area contributed by atoms with E-state index in [-0.39, 0.29) is 11.1 Å². The minimum atomic E-state index is -1.27. The Kier molecular flexibility index (Phi) is 5.61. The molecule has 1 aromatic rings. The van der Waals surface area contributed by atoms with Crippen LogP contribution < -0.4 is 0 Å². The molecule has 1 unspecified atom stereocenters. The minimum Gasteiger partial charge on any atom is -0.390 e. The van der Waals surface area contributed by atoms with Gasteiger partial charge in [0.15, 0.2) is 0 Å². The maximum absolute atomic E-state index is 11.8. The third-order valence-electron chi connectivity index (χ3n) is 2.21. The van der Waals surface area contributed by atoms with E-state index in [1.807, 2.05) is 19.1 Å². The Labute approximate surface area is 106 Å². The maximum atomic E-state index is 11.8. The molecule has 1 rings (SSSR count). The van der Waals surface area contributed by atoms with Gasteiger partial charge in [-0.05, 0) is 19.1 Å². The minimum absolute atomic E-state index is 0.0514. The quantitative estimate of drug-likeness (QED) is 0.804. The largest absolute Gasteiger partial charge is 0.390 e. The summed E-state index contributed by atoms with van der Waals surface area (Å²) in [5, 5.41) is 19.1. The van der Waals surface area contributed by atoms with Gasteiger partial charge in [-0.2, -0.15) is 0 Å². The summed E-state index contributed by atoms with van der Waals surface area (Å²) in [7, 11) is -1.27. The Morgan fingerprint density at radius 1 is 1.25 bits per heavy atom. The summed E-state index contributed by atoms with van der Waals surface area (Å²) in [4.78, 5) is 0.673. The molecule has 3 nitrogen and oxygen atoms in total. The average Bonchev–Trinajstić information content (AvgIpc) is 2.28. The molecule has 1 aromatic carbocycles. The fraction of sp³-hybridized carbons (Fsp3) is 0.455. The lowest BCUT2D eigenvalue weighted by Gasteiger charge is -2.14. The monoisotopic (exact) mass is 306 g/mol. The molecule has 0 aliphatic heterocycles. The highest BCUT2D eigenvalue weighted by molar-refractivity contribution is 9.09. The Morgan fingerprint density at radius 3 is 2.31 bits per heavy atom. The molecule has 16 heavy (non-hydrogen) atoms. The number of hydrogen-bond acceptors (Lipinski definition) is 3. The third-order valence-corrected chi connectivity index (χ3v) is 4.31. The van der Waals surface area contributed by atoms with Crippen LogP contribution in [0, 0.1) is 6.92 Å². The molecular weight excluding hydrogens is 292 g/mol. The number of halogens is 1. The van der Waals surface area contributed by atoms with Crippen molar-refractivity contribution in [2.24, 2.45) is 0 Å². The van der Waals surface area contributed by atoms with Crippen LogP contribution >= 0.6 is 15.9 Å². The first-order chi connectivity index (χ1) is 7.54. The lowest BCUT2D eigenvalue weighted by atomic mass is 10.2. The van der Waals surface area contributed by atoms with Gasteiger partial charge in [0, 0.05) is 10.2 Å². The zero-order valence-corrected chi connectivity index (χ0v) is 11.4. The zero-order valence-electron chi connectivity index (χ0n) is 8.97. The molecule has 0 heterocycles. The second-order valence-electron chi connectivity index (χ2n) is 3.61. The predicted molar refractivity (Wildman–Crippen MR) is 68.3 cm³/mol. The maximum Gasteiger partial charge on any atom is 0.0925 e. The molecule has 0 aromatic heterocycles. The summed E-state index contributed by atoms with van der Waals surface area (Å²) >= 11 is 3.06. The van der Waals surface area contributed by atoms with Crippen LogP contribution in [0.2, 0.25) is 0 Å². The van der Waals surface area contributed by atoms with Crippen molar-refractivity contribution in [1.82, 2.24) is 0 Å². The van der Waals surface area contributed by atoms with Gasteiger partial charge in [-0.15, -0.1) is 0 Å². The molecular formula is C11H15BrO3S. The molecule has 2 N–H and O–H groups in total. The van der Waals surface area contributed by atoms with E-state index < -0.39 is 23.0 Å². The van der Waals surface area contributed by atoms with Gasteiger partial charge in [0.2, 0.25) is 0 Å². The lowest BCUT2D eigenvalue weighted by molar-refractivity contribution is 0.0502. The molecule has 0 fully saturated rings. The summed E-state index contributed by atoms with van der Waals surface area (Å²) in [6.07, 6.45) is -1.85. The molecule has 0 bridgehead atoms. The molecule has 0 amide bonds. The average molecular weight is 307 g/mol. The van der Waals surface area contributed by atoms with Crippen molar-refractivity contribution in [3.63, 3.8) is 0 Å². The highest BCUT2D eigenvalue weighted by Crippen LogP contribution is 2.10. The van der Waals surface area contributed by atoms with Crippen molar-refractivity contribution < 1.29 is 14.4 Å². The molecule has 0 radical (unpaired) electrons. The van der Waals surface area contributed by atoms with Gasteiger partial charge in [0.05, 0.1) is 28.8 Å². The predicted octanol–water partition coefficient (Wildman–Crippen LogP) is 1.22. The van der Waals surface area contributed by atoms with Crippen LogP contribution in [0.1, 0.15) is 5.56 Å². The van der Waals surface area contributed by atoms with Crippen LogP contribution in [-0.2, 0) is 10.8 Å². The Hall–Kier alpha value is -0.230. The van der Waals surface area contributed by atoms with E-state index in [0.717, 1.165) is 5.56 Å². The van der Waals surface area contributed by atoms with E-state index in [9.17, 15) is 14.4 Å². The van der Waals surface area contributed by atoms with Crippen LogP contribution in [0.4, 0.5) is 0 Å². The van der Waals surface area contributed by atoms with Crippen LogP contribution in [0.3, 0.4) is 0 Å². The number of aryl methyl sites for hydroxylation is 1. The van der Waals surface area contributed by atoms with Crippen LogP contribution in [0.15, 0.2) is 29.2 Å². The van der Waals surface area contributed by atoms with Crippen LogP contribution in [-0.4, -0.2) is 37.7 Å².